The van der Waals surface area contributed by atoms with Crippen LogP contribution in [-0.4, -0.2) is 19.1 Å². The number of rotatable bonds is 5. The van der Waals surface area contributed by atoms with Crippen LogP contribution in [0.3, 0.4) is 0 Å². The Labute approximate surface area is 272 Å². The summed E-state index contributed by atoms with van der Waals surface area (Å²) < 4.78 is 11.2. The van der Waals surface area contributed by atoms with Crippen molar-refractivity contribution in [3.8, 4) is 5.69 Å². The van der Waals surface area contributed by atoms with E-state index >= 15 is 0 Å². The molecule has 0 amide bonds. The van der Waals surface area contributed by atoms with E-state index in [9.17, 15) is 0 Å². The molecule has 226 valence electrons. The second-order valence-corrected chi connectivity index (χ2v) is 12.3. The van der Waals surface area contributed by atoms with E-state index in [4.69, 9.17) is 4.42 Å². The Morgan fingerprint density at radius 3 is 2.34 bits per heavy atom. The highest BCUT2D eigenvalue weighted by Gasteiger charge is 2.28. The molecule has 0 bridgehead atoms. The number of nitrogens with zero attached hydrogens (tertiary/aromatic N) is 4. The number of aryl methyl sites for hydroxylation is 1. The molecule has 2 unspecified atom stereocenters. The molecule has 8 aromatic rings. The quantitative estimate of drug-likeness (QED) is 0.183. The number of pyridine rings is 2. The van der Waals surface area contributed by atoms with Gasteiger partial charge in [-0.05, 0) is 84.3 Å². The van der Waals surface area contributed by atoms with E-state index in [-0.39, 0.29) is 12.0 Å². The van der Waals surface area contributed by atoms with Crippen LogP contribution in [0.25, 0.3) is 72.2 Å². The molecule has 3 aromatic carbocycles. The topological polar surface area (TPSA) is 48.8 Å². The van der Waals surface area contributed by atoms with E-state index < -0.39 is 0 Å². The van der Waals surface area contributed by atoms with Gasteiger partial charge in [0.25, 0.3) is 0 Å². The second-order valence-electron chi connectivity index (χ2n) is 12.3. The summed E-state index contributed by atoms with van der Waals surface area (Å²) in [6.45, 7) is 8.47. The van der Waals surface area contributed by atoms with Gasteiger partial charge in [-0.25, -0.2) is 0 Å². The first-order valence-electron chi connectivity index (χ1n) is 16.1. The van der Waals surface area contributed by atoms with Gasteiger partial charge in [0.1, 0.15) is 22.2 Å². The summed E-state index contributed by atoms with van der Waals surface area (Å²) in [6.07, 6.45) is 16.5. The second kappa shape index (κ2) is 10.6. The normalized spacial score (nSPS) is 16.8. The molecule has 5 heteroatoms. The van der Waals surface area contributed by atoms with E-state index in [0.717, 1.165) is 49.7 Å². The smallest absolute Gasteiger partial charge is 0.137 e. The first-order chi connectivity index (χ1) is 23.1. The van der Waals surface area contributed by atoms with Crippen LogP contribution in [0.4, 0.5) is 0 Å². The van der Waals surface area contributed by atoms with E-state index in [1.165, 1.54) is 33.3 Å². The number of fused-ring (bicyclic) bond motifs is 7. The molecule has 0 N–H and O–H groups in total. The van der Waals surface area contributed by atoms with E-state index in [2.05, 4.69) is 137 Å². The number of para-hydroxylation sites is 1. The summed E-state index contributed by atoms with van der Waals surface area (Å²) in [6, 6.07) is 30.1. The van der Waals surface area contributed by atoms with Crippen molar-refractivity contribution in [1.29, 1.82) is 0 Å². The molecule has 2 atom stereocenters. The van der Waals surface area contributed by atoms with Crippen LogP contribution in [-0.2, 0) is 0 Å². The van der Waals surface area contributed by atoms with Crippen LogP contribution in [0.2, 0.25) is 0 Å². The summed E-state index contributed by atoms with van der Waals surface area (Å²) in [5.41, 5.74) is 12.9. The van der Waals surface area contributed by atoms with Crippen molar-refractivity contribution < 1.29 is 4.42 Å². The van der Waals surface area contributed by atoms with Crippen LogP contribution in [0.1, 0.15) is 29.8 Å². The maximum atomic E-state index is 6.48. The van der Waals surface area contributed by atoms with Gasteiger partial charge in [0.2, 0.25) is 0 Å². The molecular weight excluding hydrogens is 576 g/mol. The van der Waals surface area contributed by atoms with Crippen molar-refractivity contribution in [3.05, 3.63) is 151 Å². The summed E-state index contributed by atoms with van der Waals surface area (Å²) in [5, 5.41) is 3.50. The molecule has 0 spiro atoms. The lowest BCUT2D eigenvalue weighted by Crippen LogP contribution is -2.19. The first kappa shape index (κ1) is 27.4. The summed E-state index contributed by atoms with van der Waals surface area (Å²) in [5.74, 6) is 0.242. The lowest BCUT2D eigenvalue weighted by Gasteiger charge is -2.30. The Bertz CT molecular complexity index is 2590. The molecular formula is C42H32N4O. The zero-order valence-electron chi connectivity index (χ0n) is 26.3. The van der Waals surface area contributed by atoms with Gasteiger partial charge in [0, 0.05) is 51.7 Å². The maximum Gasteiger partial charge on any atom is 0.137 e. The molecule has 0 fully saturated rings. The molecule has 1 aliphatic rings. The van der Waals surface area contributed by atoms with Crippen LogP contribution >= 0.6 is 0 Å². The van der Waals surface area contributed by atoms with Crippen LogP contribution in [0.5, 0.6) is 0 Å². The van der Waals surface area contributed by atoms with Crippen LogP contribution < -0.4 is 0 Å². The predicted octanol–water partition coefficient (Wildman–Crippen LogP) is 10.8. The third-order valence-electron chi connectivity index (χ3n) is 9.81. The molecule has 9 rings (SSSR count). The van der Waals surface area contributed by atoms with Gasteiger partial charge in [-0.2, -0.15) is 0 Å². The molecule has 5 aromatic heterocycles. The summed E-state index contributed by atoms with van der Waals surface area (Å²) in [4.78, 5) is 9.29. The molecule has 0 aliphatic heterocycles. The minimum atomic E-state index is 0.160. The zero-order chi connectivity index (χ0) is 31.6. The molecule has 47 heavy (non-hydrogen) atoms. The number of allylic oxidation sites excluding steroid dienone is 6. The summed E-state index contributed by atoms with van der Waals surface area (Å²) >= 11 is 0. The van der Waals surface area contributed by atoms with Crippen LogP contribution in [0.15, 0.2) is 139 Å². The standard InChI is InChI=1S/C42H32N4O/c1-4-5-13-34-27(3)31-11-6-7-14-36(31)46(34)35-15-8-12-30(26(35)2)28-18-21-39-33(24-28)32-20-19-29(25-40(32)47-39)45-37-16-9-22-43-41(37)42-38(45)17-10-23-44-42/h4-26,35H,1H2,2-3H3/b13-5-. The van der Waals surface area contributed by atoms with Gasteiger partial charge in [0.15, 0.2) is 0 Å². The molecule has 5 nitrogen and oxygen atoms in total. The van der Waals surface area contributed by atoms with Gasteiger partial charge in [-0.15, -0.1) is 0 Å². The van der Waals surface area contributed by atoms with Crippen molar-refractivity contribution in [2.24, 2.45) is 5.92 Å². The highest BCUT2D eigenvalue weighted by molar-refractivity contribution is 6.08. The minimum absolute atomic E-state index is 0.160. The monoisotopic (exact) mass is 608 g/mol. The average Bonchev–Trinajstić information content (AvgIpc) is 3.74. The predicted molar refractivity (Wildman–Crippen MR) is 195 cm³/mol. The van der Waals surface area contributed by atoms with E-state index in [0.29, 0.717) is 0 Å². The summed E-state index contributed by atoms with van der Waals surface area (Å²) in [7, 11) is 0. The van der Waals surface area contributed by atoms with Gasteiger partial charge >= 0.3 is 0 Å². The fourth-order valence-electron chi connectivity index (χ4n) is 7.59. The van der Waals surface area contributed by atoms with Gasteiger partial charge < -0.3 is 13.6 Å². The lowest BCUT2D eigenvalue weighted by atomic mass is 9.84. The number of hydrogen-bond donors (Lipinski definition) is 0. The van der Waals surface area contributed by atoms with Crippen molar-refractivity contribution >= 4 is 66.6 Å². The Kier molecular flexibility index (Phi) is 6.15. The average molecular weight is 609 g/mol. The van der Waals surface area contributed by atoms with Gasteiger partial charge in [0.05, 0.1) is 22.8 Å². The van der Waals surface area contributed by atoms with Crippen molar-refractivity contribution in [1.82, 2.24) is 19.1 Å². The largest absolute Gasteiger partial charge is 0.456 e. The Balaban J connectivity index is 1.13. The number of hydrogen-bond acceptors (Lipinski definition) is 3. The van der Waals surface area contributed by atoms with Gasteiger partial charge in [-0.3, -0.25) is 9.97 Å². The number of benzene rings is 3. The van der Waals surface area contributed by atoms with E-state index in [1.807, 2.05) is 36.7 Å². The van der Waals surface area contributed by atoms with Crippen molar-refractivity contribution in [2.45, 2.75) is 19.9 Å². The highest BCUT2D eigenvalue weighted by atomic mass is 16.3. The molecule has 0 radical (unpaired) electrons. The molecule has 1 aliphatic carbocycles. The number of aromatic nitrogens is 4. The SMILES string of the molecule is C=C/C=C\c1c(C)c2ccccc2n1C1C=CC=C(c2ccc3oc4cc(-n5c6cccnc6c6ncccc65)ccc4c3c2)C1C. The third-order valence-corrected chi connectivity index (χ3v) is 9.81. The molecule has 5 heterocycles. The van der Waals surface area contributed by atoms with Crippen molar-refractivity contribution in [3.63, 3.8) is 0 Å². The minimum Gasteiger partial charge on any atom is -0.456 e. The number of furan rings is 1. The van der Waals surface area contributed by atoms with Crippen LogP contribution in [0, 0.1) is 12.8 Å². The third kappa shape index (κ3) is 4.09. The highest BCUT2D eigenvalue weighted by Crippen LogP contribution is 2.42. The molecule has 0 saturated carbocycles. The fourth-order valence-corrected chi connectivity index (χ4v) is 7.59. The van der Waals surface area contributed by atoms with Gasteiger partial charge in [-0.1, -0.05) is 68.1 Å². The zero-order valence-corrected chi connectivity index (χ0v) is 26.3. The maximum absolute atomic E-state index is 6.48. The lowest BCUT2D eigenvalue weighted by molar-refractivity contribution is 0.508. The Morgan fingerprint density at radius 1 is 0.787 bits per heavy atom. The Morgan fingerprint density at radius 2 is 1.55 bits per heavy atom. The Hall–Kier alpha value is -5.94. The first-order valence-corrected chi connectivity index (χ1v) is 16.1. The van der Waals surface area contributed by atoms with Crippen molar-refractivity contribution in [2.75, 3.05) is 0 Å². The van der Waals surface area contributed by atoms with E-state index in [1.54, 1.807) is 0 Å². The molecule has 0 saturated heterocycles. The fraction of sp³-hybridized carbons (Fsp3) is 0.0952.